The highest BCUT2D eigenvalue weighted by Crippen LogP contribution is 2.30. The van der Waals surface area contributed by atoms with Crippen LogP contribution in [0.25, 0.3) is 0 Å². The predicted octanol–water partition coefficient (Wildman–Crippen LogP) is 2.26. The molecule has 0 bridgehead atoms. The maximum absolute atomic E-state index is 14.0. The molecule has 1 aliphatic rings. The summed E-state index contributed by atoms with van der Waals surface area (Å²) in [6, 6.07) is 6.77. The zero-order valence-electron chi connectivity index (χ0n) is 10.6. The molecular weight excluding hydrogens is 229 g/mol. The summed E-state index contributed by atoms with van der Waals surface area (Å²) < 4.78 is 14.0. The molecule has 0 radical (unpaired) electrons. The first kappa shape index (κ1) is 12.8. The minimum Gasteiger partial charge on any atom is -0.365 e. The van der Waals surface area contributed by atoms with E-state index in [2.05, 4.69) is 6.92 Å². The molecule has 4 heteroatoms. The van der Waals surface area contributed by atoms with E-state index in [1.165, 1.54) is 6.07 Å². The van der Waals surface area contributed by atoms with Crippen molar-refractivity contribution in [2.75, 3.05) is 18.0 Å². The van der Waals surface area contributed by atoms with E-state index in [4.69, 9.17) is 11.0 Å². The molecule has 0 aromatic heterocycles. The highest BCUT2D eigenvalue weighted by Gasteiger charge is 2.28. The summed E-state index contributed by atoms with van der Waals surface area (Å²) in [4.78, 5) is 2.05. The molecule has 1 fully saturated rings. The number of hydrogen-bond acceptors (Lipinski definition) is 3. The van der Waals surface area contributed by atoms with Crippen LogP contribution in [0.15, 0.2) is 18.2 Å². The highest BCUT2D eigenvalue weighted by atomic mass is 19.1. The van der Waals surface area contributed by atoms with Crippen LogP contribution in [0, 0.1) is 23.1 Å². The molecular formula is C14H18FN3. The molecule has 0 spiro atoms. The van der Waals surface area contributed by atoms with Crippen molar-refractivity contribution in [1.29, 1.82) is 5.26 Å². The largest absolute Gasteiger partial charge is 0.365 e. The third kappa shape index (κ3) is 2.32. The summed E-state index contributed by atoms with van der Waals surface area (Å²) in [6.07, 6.45) is 2.19. The number of nitrogens with zero attached hydrogens (tertiary/aromatic N) is 2. The molecule has 3 nitrogen and oxygen atoms in total. The van der Waals surface area contributed by atoms with Crippen LogP contribution in [-0.4, -0.2) is 19.1 Å². The van der Waals surface area contributed by atoms with Crippen LogP contribution >= 0.6 is 0 Å². The van der Waals surface area contributed by atoms with Gasteiger partial charge in [-0.3, -0.25) is 0 Å². The van der Waals surface area contributed by atoms with Gasteiger partial charge in [-0.05, 0) is 37.0 Å². The van der Waals surface area contributed by atoms with E-state index in [0.717, 1.165) is 19.4 Å². The minimum absolute atomic E-state index is 0.182. The van der Waals surface area contributed by atoms with Gasteiger partial charge in [0.2, 0.25) is 0 Å². The topological polar surface area (TPSA) is 53.0 Å². The van der Waals surface area contributed by atoms with Gasteiger partial charge in [0.25, 0.3) is 0 Å². The smallest absolute Gasteiger partial charge is 0.147 e. The SMILES string of the molecule is CC1CCCN(c2ccc(C#N)cc2F)C1CN. The van der Waals surface area contributed by atoms with Gasteiger partial charge in [-0.25, -0.2) is 4.39 Å². The van der Waals surface area contributed by atoms with E-state index in [-0.39, 0.29) is 11.9 Å². The third-order valence-electron chi connectivity index (χ3n) is 3.74. The zero-order chi connectivity index (χ0) is 13.1. The molecule has 1 aromatic carbocycles. The van der Waals surface area contributed by atoms with Gasteiger partial charge >= 0.3 is 0 Å². The number of rotatable bonds is 2. The Morgan fingerprint density at radius 3 is 2.94 bits per heavy atom. The molecule has 2 atom stereocenters. The molecule has 0 aliphatic carbocycles. The Labute approximate surface area is 107 Å². The molecule has 1 aromatic rings. The Balaban J connectivity index is 2.32. The fraction of sp³-hybridized carbons (Fsp3) is 0.500. The summed E-state index contributed by atoms with van der Waals surface area (Å²) >= 11 is 0. The van der Waals surface area contributed by atoms with Crippen LogP contribution < -0.4 is 10.6 Å². The first-order valence-corrected chi connectivity index (χ1v) is 6.33. The second kappa shape index (κ2) is 5.36. The molecule has 2 rings (SSSR count). The number of halogens is 1. The lowest BCUT2D eigenvalue weighted by Crippen LogP contribution is -2.49. The van der Waals surface area contributed by atoms with E-state index in [1.54, 1.807) is 12.1 Å². The number of hydrogen-bond donors (Lipinski definition) is 1. The maximum Gasteiger partial charge on any atom is 0.147 e. The molecule has 0 amide bonds. The van der Waals surface area contributed by atoms with Crippen LogP contribution in [0.4, 0.5) is 10.1 Å². The Kier molecular flexibility index (Phi) is 3.83. The van der Waals surface area contributed by atoms with Crippen LogP contribution in [-0.2, 0) is 0 Å². The summed E-state index contributed by atoms with van der Waals surface area (Å²) in [7, 11) is 0. The van der Waals surface area contributed by atoms with Crippen molar-refractivity contribution in [2.45, 2.75) is 25.8 Å². The van der Waals surface area contributed by atoms with E-state index in [9.17, 15) is 4.39 Å². The predicted molar refractivity (Wildman–Crippen MR) is 69.7 cm³/mol. The van der Waals surface area contributed by atoms with Crippen LogP contribution in [0.3, 0.4) is 0 Å². The van der Waals surface area contributed by atoms with Gasteiger partial charge in [0.1, 0.15) is 5.82 Å². The number of nitriles is 1. The van der Waals surface area contributed by atoms with E-state index in [1.807, 2.05) is 11.0 Å². The second-order valence-electron chi connectivity index (χ2n) is 4.89. The molecule has 96 valence electrons. The van der Waals surface area contributed by atoms with Gasteiger partial charge < -0.3 is 10.6 Å². The Morgan fingerprint density at radius 2 is 2.33 bits per heavy atom. The van der Waals surface area contributed by atoms with Gasteiger partial charge in [-0.2, -0.15) is 5.26 Å². The molecule has 0 saturated carbocycles. The number of nitrogens with two attached hydrogens (primary N) is 1. The maximum atomic E-state index is 14.0. The van der Waals surface area contributed by atoms with Crippen LogP contribution in [0.5, 0.6) is 0 Å². The molecule has 1 aliphatic heterocycles. The van der Waals surface area contributed by atoms with Crippen molar-refractivity contribution in [3.05, 3.63) is 29.6 Å². The molecule has 1 saturated heterocycles. The number of benzene rings is 1. The molecule has 18 heavy (non-hydrogen) atoms. The van der Waals surface area contributed by atoms with Gasteiger partial charge in [0, 0.05) is 19.1 Å². The average Bonchev–Trinajstić information content (AvgIpc) is 2.38. The monoisotopic (exact) mass is 247 g/mol. The number of anilines is 1. The fourth-order valence-corrected chi connectivity index (χ4v) is 2.72. The Morgan fingerprint density at radius 1 is 1.56 bits per heavy atom. The van der Waals surface area contributed by atoms with Gasteiger partial charge in [-0.15, -0.1) is 0 Å². The van der Waals surface area contributed by atoms with Gasteiger partial charge in [0.05, 0.1) is 17.3 Å². The number of piperidine rings is 1. The molecule has 2 N–H and O–H groups in total. The zero-order valence-corrected chi connectivity index (χ0v) is 10.6. The van der Waals surface area contributed by atoms with Gasteiger partial charge in [-0.1, -0.05) is 6.92 Å². The first-order chi connectivity index (χ1) is 8.67. The highest BCUT2D eigenvalue weighted by molar-refractivity contribution is 5.52. The van der Waals surface area contributed by atoms with Crippen molar-refractivity contribution in [3.8, 4) is 6.07 Å². The Hall–Kier alpha value is -1.60. The van der Waals surface area contributed by atoms with Crippen LogP contribution in [0.2, 0.25) is 0 Å². The third-order valence-corrected chi connectivity index (χ3v) is 3.74. The van der Waals surface area contributed by atoms with Crippen molar-refractivity contribution in [1.82, 2.24) is 0 Å². The van der Waals surface area contributed by atoms with Crippen molar-refractivity contribution in [3.63, 3.8) is 0 Å². The standard InChI is InChI=1S/C14H18FN3/c1-10-3-2-6-18(14(10)9-17)13-5-4-11(8-16)7-12(13)15/h4-5,7,10,14H,2-3,6,9,17H2,1H3. The summed E-state index contributed by atoms with van der Waals surface area (Å²) in [5.41, 5.74) is 6.73. The van der Waals surface area contributed by atoms with E-state index < -0.39 is 0 Å². The lowest BCUT2D eigenvalue weighted by molar-refractivity contribution is 0.347. The van der Waals surface area contributed by atoms with E-state index in [0.29, 0.717) is 23.7 Å². The fourth-order valence-electron chi connectivity index (χ4n) is 2.72. The van der Waals surface area contributed by atoms with Crippen LogP contribution in [0.1, 0.15) is 25.3 Å². The van der Waals surface area contributed by atoms with Crippen molar-refractivity contribution >= 4 is 5.69 Å². The lowest BCUT2D eigenvalue weighted by Gasteiger charge is -2.41. The summed E-state index contributed by atoms with van der Waals surface area (Å²) in [6.45, 7) is 3.51. The van der Waals surface area contributed by atoms with Crippen molar-refractivity contribution in [2.24, 2.45) is 11.7 Å². The average molecular weight is 247 g/mol. The minimum atomic E-state index is -0.332. The Bertz CT molecular complexity index is 467. The van der Waals surface area contributed by atoms with Gasteiger partial charge in [0.15, 0.2) is 0 Å². The normalized spacial score (nSPS) is 23.8. The lowest BCUT2D eigenvalue weighted by atomic mass is 9.90. The van der Waals surface area contributed by atoms with E-state index >= 15 is 0 Å². The summed E-state index contributed by atoms with van der Waals surface area (Å²) in [5.74, 6) is 0.139. The summed E-state index contributed by atoms with van der Waals surface area (Å²) in [5, 5.41) is 8.75. The molecule has 1 heterocycles. The second-order valence-corrected chi connectivity index (χ2v) is 4.89. The quantitative estimate of drug-likeness (QED) is 0.872. The van der Waals surface area contributed by atoms with Crippen molar-refractivity contribution < 1.29 is 4.39 Å². The molecule has 2 unspecified atom stereocenters. The first-order valence-electron chi connectivity index (χ1n) is 6.33.